The molecule has 4 aromatic rings. The zero-order valence-electron chi connectivity index (χ0n) is 15.1. The van der Waals surface area contributed by atoms with Gasteiger partial charge in [-0.05, 0) is 42.3 Å². The van der Waals surface area contributed by atoms with Crippen LogP contribution in [0.4, 0.5) is 0 Å². The molecule has 0 bridgehead atoms. The highest BCUT2D eigenvalue weighted by Crippen LogP contribution is 2.36. The van der Waals surface area contributed by atoms with E-state index in [0.717, 1.165) is 34.4 Å². The molecule has 0 aliphatic carbocycles. The summed E-state index contributed by atoms with van der Waals surface area (Å²) in [5.74, 6) is 0.728. The van der Waals surface area contributed by atoms with Gasteiger partial charge in [0.2, 0.25) is 0 Å². The summed E-state index contributed by atoms with van der Waals surface area (Å²) < 4.78 is 7.87. The Morgan fingerprint density at radius 3 is 2.79 bits per heavy atom. The van der Waals surface area contributed by atoms with Crippen molar-refractivity contribution in [1.29, 1.82) is 0 Å². The summed E-state index contributed by atoms with van der Waals surface area (Å²) in [5.41, 5.74) is 4.17. The van der Waals surface area contributed by atoms with Crippen molar-refractivity contribution in [3.63, 3.8) is 0 Å². The van der Waals surface area contributed by atoms with Crippen molar-refractivity contribution in [2.75, 3.05) is 0 Å². The molecular weight excluding hydrogens is 392 g/mol. The van der Waals surface area contributed by atoms with E-state index in [1.807, 2.05) is 67.0 Å². The second-order valence-corrected chi connectivity index (χ2v) is 7.55. The molecule has 2 aromatic heterocycles. The summed E-state index contributed by atoms with van der Waals surface area (Å²) in [6, 6.07) is 17.4. The maximum absolute atomic E-state index is 11.2. The van der Waals surface area contributed by atoms with Crippen molar-refractivity contribution >= 4 is 29.2 Å². The number of thiazole rings is 1. The van der Waals surface area contributed by atoms with E-state index in [0.29, 0.717) is 22.5 Å². The van der Waals surface area contributed by atoms with Crippen LogP contribution < -0.4 is 4.74 Å². The van der Waals surface area contributed by atoms with Crippen molar-refractivity contribution in [3.05, 3.63) is 88.0 Å². The Balaban J connectivity index is 1.69. The highest BCUT2D eigenvalue weighted by Gasteiger charge is 2.15. The third kappa shape index (κ3) is 3.72. The standard InChI is InChI=1S/C22H17ClN2O2S/c1-15-10-21(27-13-16-6-3-2-4-7-16)18(11-19(15)23)20-14-28-22(24-20)25-9-5-8-17(25)12-26/h2-12,14H,13H2,1H3. The molecule has 6 heteroatoms. The third-order valence-electron chi connectivity index (χ3n) is 4.37. The number of aryl methyl sites for hydroxylation is 1. The molecule has 0 N–H and O–H groups in total. The number of benzene rings is 2. The molecule has 0 saturated heterocycles. The second kappa shape index (κ2) is 8.00. The van der Waals surface area contributed by atoms with E-state index >= 15 is 0 Å². The summed E-state index contributed by atoms with van der Waals surface area (Å²) >= 11 is 7.83. The molecule has 28 heavy (non-hydrogen) atoms. The van der Waals surface area contributed by atoms with Crippen LogP contribution in [-0.4, -0.2) is 15.8 Å². The van der Waals surface area contributed by atoms with E-state index in [4.69, 9.17) is 21.3 Å². The smallest absolute Gasteiger partial charge is 0.194 e. The van der Waals surface area contributed by atoms with E-state index in [1.165, 1.54) is 11.3 Å². The van der Waals surface area contributed by atoms with Gasteiger partial charge in [0.05, 0.1) is 11.4 Å². The van der Waals surface area contributed by atoms with Crippen LogP contribution in [0.2, 0.25) is 5.02 Å². The molecule has 2 aromatic carbocycles. The van der Waals surface area contributed by atoms with E-state index in [-0.39, 0.29) is 0 Å². The highest BCUT2D eigenvalue weighted by atomic mass is 35.5. The second-order valence-electron chi connectivity index (χ2n) is 6.31. The van der Waals surface area contributed by atoms with Crippen LogP contribution >= 0.6 is 22.9 Å². The van der Waals surface area contributed by atoms with Crippen LogP contribution in [-0.2, 0) is 6.61 Å². The summed E-state index contributed by atoms with van der Waals surface area (Å²) in [6.45, 7) is 2.41. The normalized spacial score (nSPS) is 10.8. The lowest BCUT2D eigenvalue weighted by Gasteiger charge is -2.12. The molecule has 0 aliphatic rings. The lowest BCUT2D eigenvalue weighted by atomic mass is 10.1. The minimum absolute atomic E-state index is 0.457. The van der Waals surface area contributed by atoms with Crippen molar-refractivity contribution in [3.8, 4) is 22.1 Å². The van der Waals surface area contributed by atoms with Gasteiger partial charge in [-0.3, -0.25) is 9.36 Å². The first kappa shape index (κ1) is 18.5. The van der Waals surface area contributed by atoms with Crippen LogP contribution in [0, 0.1) is 6.92 Å². The number of ether oxygens (including phenoxy) is 1. The molecule has 0 unspecified atom stereocenters. The molecule has 2 heterocycles. The van der Waals surface area contributed by atoms with Gasteiger partial charge < -0.3 is 4.74 Å². The number of aldehydes is 1. The fourth-order valence-electron chi connectivity index (χ4n) is 2.87. The van der Waals surface area contributed by atoms with E-state index < -0.39 is 0 Å². The van der Waals surface area contributed by atoms with Gasteiger partial charge >= 0.3 is 0 Å². The molecule has 4 rings (SSSR count). The minimum Gasteiger partial charge on any atom is -0.488 e. The SMILES string of the molecule is Cc1cc(OCc2ccccc2)c(-c2csc(-n3cccc3C=O)n2)cc1Cl. The zero-order valence-corrected chi connectivity index (χ0v) is 16.7. The Kier molecular flexibility index (Phi) is 5.28. The van der Waals surface area contributed by atoms with Gasteiger partial charge in [0.25, 0.3) is 0 Å². The van der Waals surface area contributed by atoms with E-state index in [9.17, 15) is 4.79 Å². The number of hydrogen-bond donors (Lipinski definition) is 0. The van der Waals surface area contributed by atoms with Crippen LogP contribution in [0.1, 0.15) is 21.6 Å². The summed E-state index contributed by atoms with van der Waals surface area (Å²) in [6.07, 6.45) is 2.64. The Morgan fingerprint density at radius 2 is 2.00 bits per heavy atom. The number of rotatable bonds is 6. The molecule has 0 atom stereocenters. The number of nitrogens with zero attached hydrogens (tertiary/aromatic N) is 2. The lowest BCUT2D eigenvalue weighted by molar-refractivity contribution is 0.111. The van der Waals surface area contributed by atoms with Gasteiger partial charge in [-0.25, -0.2) is 4.98 Å². The number of hydrogen-bond acceptors (Lipinski definition) is 4. The van der Waals surface area contributed by atoms with Crippen molar-refractivity contribution < 1.29 is 9.53 Å². The molecule has 0 radical (unpaired) electrons. The number of aromatic nitrogens is 2. The third-order valence-corrected chi connectivity index (χ3v) is 5.62. The predicted molar refractivity (Wildman–Crippen MR) is 113 cm³/mol. The number of halogens is 1. The van der Waals surface area contributed by atoms with Gasteiger partial charge in [0.15, 0.2) is 11.4 Å². The predicted octanol–water partition coefficient (Wildman–Crippen LogP) is 5.95. The molecular formula is C22H17ClN2O2S. The first-order chi connectivity index (χ1) is 13.7. The summed E-state index contributed by atoms with van der Waals surface area (Å²) in [5, 5.41) is 3.32. The maximum atomic E-state index is 11.2. The molecule has 4 nitrogen and oxygen atoms in total. The molecule has 0 spiro atoms. The molecule has 0 fully saturated rings. The number of carbonyl (C=O) groups excluding carboxylic acids is 1. The molecule has 0 aliphatic heterocycles. The van der Waals surface area contributed by atoms with E-state index in [1.54, 1.807) is 10.6 Å². The summed E-state index contributed by atoms with van der Waals surface area (Å²) in [7, 11) is 0. The number of carbonyl (C=O) groups is 1. The van der Waals surface area contributed by atoms with Gasteiger partial charge in [0.1, 0.15) is 12.4 Å². The Morgan fingerprint density at radius 1 is 1.18 bits per heavy atom. The summed E-state index contributed by atoms with van der Waals surface area (Å²) in [4.78, 5) is 15.9. The minimum atomic E-state index is 0.457. The van der Waals surface area contributed by atoms with E-state index in [2.05, 4.69) is 0 Å². The van der Waals surface area contributed by atoms with Crippen molar-refractivity contribution in [2.45, 2.75) is 13.5 Å². The maximum Gasteiger partial charge on any atom is 0.194 e. The van der Waals surface area contributed by atoms with Gasteiger partial charge in [-0.2, -0.15) is 0 Å². The average Bonchev–Trinajstić information content (AvgIpc) is 3.38. The van der Waals surface area contributed by atoms with Gasteiger partial charge in [-0.15, -0.1) is 11.3 Å². The highest BCUT2D eigenvalue weighted by molar-refractivity contribution is 7.12. The average molecular weight is 409 g/mol. The zero-order chi connectivity index (χ0) is 19.5. The van der Waals surface area contributed by atoms with Crippen LogP contribution in [0.25, 0.3) is 16.4 Å². The fourth-order valence-corrected chi connectivity index (χ4v) is 3.86. The molecule has 0 saturated carbocycles. The topological polar surface area (TPSA) is 44.1 Å². The first-order valence-corrected chi connectivity index (χ1v) is 9.97. The monoisotopic (exact) mass is 408 g/mol. The van der Waals surface area contributed by atoms with Crippen LogP contribution in [0.3, 0.4) is 0 Å². The first-order valence-electron chi connectivity index (χ1n) is 8.71. The Labute approximate surface area is 172 Å². The van der Waals surface area contributed by atoms with Crippen molar-refractivity contribution in [2.24, 2.45) is 0 Å². The largest absolute Gasteiger partial charge is 0.488 e. The fraction of sp³-hybridized carbons (Fsp3) is 0.0909. The Bertz CT molecular complexity index is 1120. The van der Waals surface area contributed by atoms with Crippen molar-refractivity contribution in [1.82, 2.24) is 9.55 Å². The quantitative estimate of drug-likeness (QED) is 0.370. The van der Waals surface area contributed by atoms with Gasteiger partial charge in [0, 0.05) is 22.2 Å². The van der Waals surface area contributed by atoms with Crippen LogP contribution in [0.5, 0.6) is 5.75 Å². The molecule has 0 amide bonds. The lowest BCUT2D eigenvalue weighted by Crippen LogP contribution is -1.99. The van der Waals surface area contributed by atoms with Crippen LogP contribution in [0.15, 0.2) is 66.2 Å². The molecule has 140 valence electrons. The van der Waals surface area contributed by atoms with Gasteiger partial charge in [-0.1, -0.05) is 41.9 Å². The Hall–Kier alpha value is -2.89.